The number of carboxylic acid groups (broad SMARTS) is 1. The Labute approximate surface area is 193 Å². The molecule has 2 aromatic carbocycles. The van der Waals surface area contributed by atoms with Gasteiger partial charge in [-0.3, -0.25) is 4.79 Å². The first-order valence-electron chi connectivity index (χ1n) is 11.0. The molecule has 33 heavy (non-hydrogen) atoms. The van der Waals surface area contributed by atoms with Crippen LogP contribution in [0.3, 0.4) is 0 Å². The largest absolute Gasteiger partial charge is 0.480 e. The topological polar surface area (TPSA) is 114 Å². The molecule has 1 aliphatic carbocycles. The van der Waals surface area contributed by atoms with E-state index in [-0.39, 0.29) is 31.4 Å². The van der Waals surface area contributed by atoms with Gasteiger partial charge in [0.2, 0.25) is 5.91 Å². The van der Waals surface area contributed by atoms with Crippen LogP contribution in [0.1, 0.15) is 37.3 Å². The van der Waals surface area contributed by atoms with Crippen LogP contribution in [0.2, 0.25) is 0 Å². The first kappa shape index (κ1) is 24.3. The monoisotopic (exact) mass is 454 g/mol. The number of alkyl carbamates (subject to hydrolysis) is 1. The Morgan fingerprint density at radius 2 is 1.58 bits per heavy atom. The maximum absolute atomic E-state index is 12.3. The third-order valence-electron chi connectivity index (χ3n) is 5.90. The Morgan fingerprint density at radius 3 is 2.12 bits per heavy atom. The van der Waals surface area contributed by atoms with Crippen LogP contribution in [0.25, 0.3) is 11.1 Å². The molecular weight excluding hydrogens is 424 g/mol. The predicted molar refractivity (Wildman–Crippen MR) is 123 cm³/mol. The second kappa shape index (κ2) is 11.0. The fourth-order valence-electron chi connectivity index (χ4n) is 4.04. The van der Waals surface area contributed by atoms with Crippen LogP contribution in [-0.2, 0) is 19.1 Å². The number of methoxy groups -OCH3 is 1. The Morgan fingerprint density at radius 1 is 1.00 bits per heavy atom. The number of fused-ring (bicyclic) bond motifs is 3. The van der Waals surface area contributed by atoms with Crippen LogP contribution in [0, 0.1) is 5.92 Å². The number of aliphatic carboxylic acids is 1. The minimum Gasteiger partial charge on any atom is -0.480 e. The van der Waals surface area contributed by atoms with Gasteiger partial charge in [-0.15, -0.1) is 0 Å². The Kier molecular flexibility index (Phi) is 8.06. The summed E-state index contributed by atoms with van der Waals surface area (Å²) >= 11 is 0. The fourth-order valence-corrected chi connectivity index (χ4v) is 4.04. The van der Waals surface area contributed by atoms with Crippen LogP contribution in [0.15, 0.2) is 48.5 Å². The van der Waals surface area contributed by atoms with Gasteiger partial charge in [0, 0.05) is 26.0 Å². The van der Waals surface area contributed by atoms with Gasteiger partial charge in [-0.2, -0.15) is 0 Å². The number of hydrogen-bond acceptors (Lipinski definition) is 5. The van der Waals surface area contributed by atoms with Crippen LogP contribution >= 0.6 is 0 Å². The molecule has 8 heteroatoms. The Hall–Kier alpha value is -3.39. The maximum Gasteiger partial charge on any atom is 0.407 e. The zero-order valence-electron chi connectivity index (χ0n) is 19.0. The van der Waals surface area contributed by atoms with Gasteiger partial charge in [0.1, 0.15) is 6.61 Å². The summed E-state index contributed by atoms with van der Waals surface area (Å²) in [6.07, 6.45) is -1.16. The second-order valence-electron chi connectivity index (χ2n) is 8.34. The van der Waals surface area contributed by atoms with Gasteiger partial charge in [0.15, 0.2) is 6.04 Å². The number of rotatable bonds is 10. The molecular formula is C25H30N2O6. The molecule has 2 aromatic rings. The van der Waals surface area contributed by atoms with E-state index in [4.69, 9.17) is 9.47 Å². The molecule has 0 saturated carbocycles. The number of carboxylic acids is 1. The summed E-state index contributed by atoms with van der Waals surface area (Å²) in [6, 6.07) is 15.1. The van der Waals surface area contributed by atoms with Gasteiger partial charge in [-0.1, -0.05) is 55.5 Å². The normalized spacial score (nSPS) is 15.0. The molecule has 0 saturated heterocycles. The van der Waals surface area contributed by atoms with Gasteiger partial charge >= 0.3 is 12.1 Å². The molecule has 3 unspecified atom stereocenters. The summed E-state index contributed by atoms with van der Waals surface area (Å²) in [4.78, 5) is 35.8. The van der Waals surface area contributed by atoms with Crippen LogP contribution in [-0.4, -0.2) is 55.5 Å². The fraction of sp³-hybridized carbons (Fsp3) is 0.400. The molecule has 3 N–H and O–H groups in total. The van der Waals surface area contributed by atoms with E-state index in [9.17, 15) is 19.5 Å². The van der Waals surface area contributed by atoms with Crippen molar-refractivity contribution in [2.24, 2.45) is 5.92 Å². The second-order valence-corrected chi connectivity index (χ2v) is 8.34. The van der Waals surface area contributed by atoms with Crippen molar-refractivity contribution in [2.75, 3.05) is 20.3 Å². The van der Waals surface area contributed by atoms with Gasteiger partial charge in [-0.05, 0) is 35.1 Å². The highest BCUT2D eigenvalue weighted by molar-refractivity contribution is 5.84. The lowest BCUT2D eigenvalue weighted by molar-refractivity contribution is -0.145. The van der Waals surface area contributed by atoms with Crippen molar-refractivity contribution in [1.82, 2.24) is 10.6 Å². The van der Waals surface area contributed by atoms with E-state index in [1.54, 1.807) is 13.8 Å². The van der Waals surface area contributed by atoms with E-state index in [1.807, 2.05) is 24.3 Å². The number of ether oxygens (including phenoxy) is 2. The smallest absolute Gasteiger partial charge is 0.407 e. The molecule has 176 valence electrons. The van der Waals surface area contributed by atoms with E-state index in [0.29, 0.717) is 0 Å². The minimum absolute atomic E-state index is 0.0259. The van der Waals surface area contributed by atoms with E-state index in [1.165, 1.54) is 7.11 Å². The molecule has 0 fully saturated rings. The highest BCUT2D eigenvalue weighted by Gasteiger charge is 2.29. The minimum atomic E-state index is -1.16. The summed E-state index contributed by atoms with van der Waals surface area (Å²) < 4.78 is 10.5. The highest BCUT2D eigenvalue weighted by atomic mass is 16.5. The molecule has 2 amide bonds. The molecule has 8 nitrogen and oxygen atoms in total. The van der Waals surface area contributed by atoms with Crippen molar-refractivity contribution in [3.8, 4) is 11.1 Å². The van der Waals surface area contributed by atoms with Crippen molar-refractivity contribution in [1.29, 1.82) is 0 Å². The number of hydrogen-bond donors (Lipinski definition) is 3. The molecule has 3 atom stereocenters. The zero-order chi connectivity index (χ0) is 24.0. The van der Waals surface area contributed by atoms with E-state index >= 15 is 0 Å². The highest BCUT2D eigenvalue weighted by Crippen LogP contribution is 2.44. The van der Waals surface area contributed by atoms with E-state index < -0.39 is 30.1 Å². The number of benzene rings is 2. The lowest BCUT2D eigenvalue weighted by Gasteiger charge is -2.21. The van der Waals surface area contributed by atoms with Crippen LogP contribution in [0.5, 0.6) is 0 Å². The number of nitrogens with one attached hydrogen (secondary N) is 2. The van der Waals surface area contributed by atoms with Crippen molar-refractivity contribution in [3.63, 3.8) is 0 Å². The first-order chi connectivity index (χ1) is 15.8. The average molecular weight is 455 g/mol. The Bertz CT molecular complexity index is 962. The molecule has 0 spiro atoms. The lowest BCUT2D eigenvalue weighted by atomic mass is 9.98. The van der Waals surface area contributed by atoms with Crippen molar-refractivity contribution >= 4 is 18.0 Å². The molecule has 0 heterocycles. The van der Waals surface area contributed by atoms with Crippen LogP contribution in [0.4, 0.5) is 4.79 Å². The Balaban J connectivity index is 1.47. The maximum atomic E-state index is 12.3. The number of amides is 2. The molecule has 0 bridgehead atoms. The number of carbonyl (C=O) groups is 3. The van der Waals surface area contributed by atoms with Gasteiger partial charge < -0.3 is 25.2 Å². The van der Waals surface area contributed by atoms with Gasteiger partial charge in [0.25, 0.3) is 0 Å². The zero-order valence-corrected chi connectivity index (χ0v) is 19.0. The SMILES string of the molecule is COC(C)C(NC(=O)CC(C)CNC(=O)OCC1c2ccccc2-c2ccccc21)C(=O)O. The first-order valence-corrected chi connectivity index (χ1v) is 11.0. The van der Waals surface area contributed by atoms with Crippen molar-refractivity contribution in [2.45, 2.75) is 38.3 Å². The van der Waals surface area contributed by atoms with Crippen LogP contribution < -0.4 is 10.6 Å². The van der Waals surface area contributed by atoms with E-state index in [2.05, 4.69) is 34.9 Å². The molecule has 3 rings (SSSR count). The molecule has 0 aromatic heterocycles. The van der Waals surface area contributed by atoms with Gasteiger partial charge in [-0.25, -0.2) is 9.59 Å². The molecule has 0 aliphatic heterocycles. The standard InChI is InChI=1S/C25H30N2O6/c1-15(12-22(28)27-23(24(29)30)16(2)32-3)13-26-25(31)33-14-21-19-10-6-4-8-17(19)18-9-5-7-11-20(18)21/h4-11,15-16,21,23H,12-14H2,1-3H3,(H,26,31)(H,27,28)(H,29,30). The lowest BCUT2D eigenvalue weighted by Crippen LogP contribution is -2.48. The third-order valence-corrected chi connectivity index (χ3v) is 5.90. The third kappa shape index (κ3) is 5.90. The predicted octanol–water partition coefficient (Wildman–Crippen LogP) is 3.16. The quantitative estimate of drug-likeness (QED) is 0.508. The van der Waals surface area contributed by atoms with Crippen molar-refractivity contribution < 1.29 is 29.0 Å². The summed E-state index contributed by atoms with van der Waals surface area (Å²) in [5.41, 5.74) is 4.58. The molecule has 1 aliphatic rings. The molecule has 0 radical (unpaired) electrons. The average Bonchev–Trinajstić information content (AvgIpc) is 3.13. The summed E-state index contributed by atoms with van der Waals surface area (Å²) in [5.74, 6) is -1.82. The van der Waals surface area contributed by atoms with Gasteiger partial charge in [0.05, 0.1) is 6.10 Å². The van der Waals surface area contributed by atoms with Crippen molar-refractivity contribution in [3.05, 3.63) is 59.7 Å². The summed E-state index contributed by atoms with van der Waals surface area (Å²) in [5, 5.41) is 14.4. The van der Waals surface area contributed by atoms with E-state index in [0.717, 1.165) is 22.3 Å². The summed E-state index contributed by atoms with van der Waals surface area (Å²) in [7, 11) is 1.38. The number of carbonyl (C=O) groups excluding carboxylic acids is 2. The summed E-state index contributed by atoms with van der Waals surface area (Å²) in [6.45, 7) is 3.80.